The zero-order valence-corrected chi connectivity index (χ0v) is 14.1. The molecule has 0 radical (unpaired) electrons. The van der Waals surface area contributed by atoms with E-state index in [-0.39, 0.29) is 35.4 Å². The Bertz CT molecular complexity index is 752. The fourth-order valence-corrected chi connectivity index (χ4v) is 3.48. The number of halogens is 1. The summed E-state index contributed by atoms with van der Waals surface area (Å²) in [6.07, 6.45) is 1.53. The summed E-state index contributed by atoms with van der Waals surface area (Å²) in [4.78, 5) is 25.0. The molecule has 1 spiro atoms. The SMILES string of the molecule is COC1=CC(=O)C[C@@H](C)[C@]12Oc1c(Cl)c(C)cc(OC)c1C2=O. The average Bonchev–Trinajstić information content (AvgIpc) is 2.82. The lowest BCUT2D eigenvalue weighted by atomic mass is 9.75. The lowest BCUT2D eigenvalue weighted by molar-refractivity contribution is -0.118. The highest BCUT2D eigenvalue weighted by Crippen LogP contribution is 2.52. The highest BCUT2D eigenvalue weighted by Gasteiger charge is 2.59. The van der Waals surface area contributed by atoms with Gasteiger partial charge in [-0.2, -0.15) is 0 Å². The van der Waals surface area contributed by atoms with Crippen LogP contribution < -0.4 is 9.47 Å². The number of rotatable bonds is 2. The maximum atomic E-state index is 13.2. The van der Waals surface area contributed by atoms with E-state index in [4.69, 9.17) is 25.8 Å². The van der Waals surface area contributed by atoms with Gasteiger partial charge in [-0.15, -0.1) is 0 Å². The van der Waals surface area contributed by atoms with E-state index in [2.05, 4.69) is 0 Å². The number of ether oxygens (including phenoxy) is 3. The molecule has 0 saturated carbocycles. The number of hydrogen-bond acceptors (Lipinski definition) is 5. The van der Waals surface area contributed by atoms with Crippen LogP contribution in [-0.4, -0.2) is 31.4 Å². The highest BCUT2D eigenvalue weighted by molar-refractivity contribution is 6.34. The molecule has 0 bridgehead atoms. The summed E-state index contributed by atoms with van der Waals surface area (Å²) in [6, 6.07) is 1.70. The van der Waals surface area contributed by atoms with Crippen molar-refractivity contribution in [3.8, 4) is 11.5 Å². The van der Waals surface area contributed by atoms with Crippen LogP contribution in [0.25, 0.3) is 0 Å². The van der Waals surface area contributed by atoms with E-state index >= 15 is 0 Å². The first-order valence-corrected chi connectivity index (χ1v) is 7.64. The van der Waals surface area contributed by atoms with Crippen LogP contribution in [0.15, 0.2) is 17.9 Å². The number of Topliss-reactive ketones (excluding diaryl/α,β-unsaturated/α-hetero) is 1. The molecule has 0 saturated heterocycles. The summed E-state index contributed by atoms with van der Waals surface area (Å²) in [5.74, 6) is 0.135. The Balaban J connectivity index is 2.26. The number of benzene rings is 1. The molecule has 6 heteroatoms. The van der Waals surface area contributed by atoms with Gasteiger partial charge in [0.15, 0.2) is 17.3 Å². The van der Waals surface area contributed by atoms with E-state index in [1.807, 2.05) is 6.92 Å². The average molecular weight is 337 g/mol. The smallest absolute Gasteiger partial charge is 0.231 e. The molecule has 0 N–H and O–H groups in total. The van der Waals surface area contributed by atoms with Crippen molar-refractivity contribution in [3.05, 3.63) is 34.1 Å². The molecule has 0 fully saturated rings. The quantitative estimate of drug-likeness (QED) is 0.830. The van der Waals surface area contributed by atoms with Crippen molar-refractivity contribution in [2.75, 3.05) is 14.2 Å². The minimum atomic E-state index is -1.37. The van der Waals surface area contributed by atoms with E-state index in [1.165, 1.54) is 20.3 Å². The molecule has 0 aromatic heterocycles. The van der Waals surface area contributed by atoms with Crippen LogP contribution in [0, 0.1) is 12.8 Å². The van der Waals surface area contributed by atoms with Gasteiger partial charge in [-0.25, -0.2) is 0 Å². The van der Waals surface area contributed by atoms with E-state index in [0.717, 1.165) is 5.56 Å². The van der Waals surface area contributed by atoms with Crippen LogP contribution in [0.1, 0.15) is 29.3 Å². The molecule has 1 aliphatic heterocycles. The fourth-order valence-electron chi connectivity index (χ4n) is 3.30. The highest BCUT2D eigenvalue weighted by atomic mass is 35.5. The van der Waals surface area contributed by atoms with Crippen molar-refractivity contribution in [1.29, 1.82) is 0 Å². The second-order valence-electron chi connectivity index (χ2n) is 5.86. The molecule has 1 aliphatic carbocycles. The largest absolute Gasteiger partial charge is 0.496 e. The van der Waals surface area contributed by atoms with Crippen molar-refractivity contribution in [2.24, 2.45) is 5.92 Å². The maximum absolute atomic E-state index is 13.2. The number of aryl methyl sites for hydroxylation is 1. The van der Waals surface area contributed by atoms with Crippen LogP contribution in [0.4, 0.5) is 0 Å². The molecule has 0 amide bonds. The van der Waals surface area contributed by atoms with Gasteiger partial charge in [0, 0.05) is 18.4 Å². The zero-order chi connectivity index (χ0) is 16.9. The van der Waals surface area contributed by atoms with Crippen LogP contribution >= 0.6 is 11.6 Å². The molecule has 1 aromatic rings. The molecule has 23 heavy (non-hydrogen) atoms. The van der Waals surface area contributed by atoms with Gasteiger partial charge in [0.2, 0.25) is 11.4 Å². The number of ketones is 2. The van der Waals surface area contributed by atoms with E-state index in [9.17, 15) is 9.59 Å². The Hall–Kier alpha value is -2.01. The van der Waals surface area contributed by atoms with Gasteiger partial charge in [0.05, 0.1) is 19.2 Å². The molecule has 2 aliphatic rings. The van der Waals surface area contributed by atoms with Gasteiger partial charge in [-0.3, -0.25) is 9.59 Å². The second kappa shape index (κ2) is 5.27. The predicted octanol–water partition coefficient (Wildman–Crippen LogP) is 3.11. The van der Waals surface area contributed by atoms with Gasteiger partial charge >= 0.3 is 0 Å². The summed E-state index contributed by atoms with van der Waals surface area (Å²) in [5, 5.41) is 0.366. The molecule has 1 heterocycles. The number of carbonyl (C=O) groups excluding carboxylic acids is 2. The third kappa shape index (κ3) is 1.99. The third-order valence-electron chi connectivity index (χ3n) is 4.49. The molecule has 5 nitrogen and oxygen atoms in total. The number of allylic oxidation sites excluding steroid dienone is 1. The van der Waals surface area contributed by atoms with Crippen molar-refractivity contribution in [3.63, 3.8) is 0 Å². The number of hydrogen-bond donors (Lipinski definition) is 0. The number of carbonyl (C=O) groups is 2. The maximum Gasteiger partial charge on any atom is 0.231 e. The summed E-state index contributed by atoms with van der Waals surface area (Å²) >= 11 is 6.34. The first-order chi connectivity index (χ1) is 10.9. The predicted molar refractivity (Wildman–Crippen MR) is 84.3 cm³/mol. The van der Waals surface area contributed by atoms with Gasteiger partial charge < -0.3 is 14.2 Å². The number of fused-ring (bicyclic) bond motifs is 1. The van der Waals surface area contributed by atoms with Crippen molar-refractivity contribution in [1.82, 2.24) is 0 Å². The molecular weight excluding hydrogens is 320 g/mol. The summed E-state index contributed by atoms with van der Waals surface area (Å²) in [7, 11) is 2.91. The van der Waals surface area contributed by atoms with E-state index < -0.39 is 5.60 Å². The lowest BCUT2D eigenvalue weighted by Crippen LogP contribution is -2.51. The van der Waals surface area contributed by atoms with Crippen LogP contribution in [0.2, 0.25) is 5.02 Å². The second-order valence-corrected chi connectivity index (χ2v) is 6.24. The fraction of sp³-hybridized carbons (Fsp3) is 0.412. The Kier molecular flexibility index (Phi) is 3.64. The third-order valence-corrected chi connectivity index (χ3v) is 4.96. The summed E-state index contributed by atoms with van der Waals surface area (Å²) in [6.45, 7) is 3.60. The van der Waals surface area contributed by atoms with Crippen molar-refractivity contribution < 1.29 is 23.8 Å². The van der Waals surface area contributed by atoms with Crippen LogP contribution in [0.5, 0.6) is 11.5 Å². The molecule has 2 atom stereocenters. The van der Waals surface area contributed by atoms with Gasteiger partial charge in [0.25, 0.3) is 0 Å². The van der Waals surface area contributed by atoms with Gasteiger partial charge in [0.1, 0.15) is 11.3 Å². The van der Waals surface area contributed by atoms with Crippen LogP contribution in [0.3, 0.4) is 0 Å². The first-order valence-electron chi connectivity index (χ1n) is 7.26. The van der Waals surface area contributed by atoms with E-state index in [0.29, 0.717) is 16.3 Å². The summed E-state index contributed by atoms with van der Waals surface area (Å²) in [5.41, 5.74) is -0.322. The first kappa shape index (κ1) is 15.9. The summed E-state index contributed by atoms with van der Waals surface area (Å²) < 4.78 is 16.7. The van der Waals surface area contributed by atoms with Crippen molar-refractivity contribution in [2.45, 2.75) is 25.9 Å². The van der Waals surface area contributed by atoms with Crippen molar-refractivity contribution >= 4 is 23.2 Å². The Morgan fingerprint density at radius 3 is 2.61 bits per heavy atom. The molecule has 122 valence electrons. The molecule has 3 rings (SSSR count). The molecule has 1 aromatic carbocycles. The lowest BCUT2D eigenvalue weighted by Gasteiger charge is -2.36. The van der Waals surface area contributed by atoms with Crippen LogP contribution in [-0.2, 0) is 9.53 Å². The minimum absolute atomic E-state index is 0.0958. The topological polar surface area (TPSA) is 61.8 Å². The molecule has 0 unspecified atom stereocenters. The number of methoxy groups -OCH3 is 2. The van der Waals surface area contributed by atoms with Gasteiger partial charge in [-0.1, -0.05) is 18.5 Å². The Morgan fingerprint density at radius 1 is 1.30 bits per heavy atom. The van der Waals surface area contributed by atoms with E-state index in [1.54, 1.807) is 13.0 Å². The zero-order valence-electron chi connectivity index (χ0n) is 13.4. The monoisotopic (exact) mass is 336 g/mol. The minimum Gasteiger partial charge on any atom is -0.496 e. The normalized spacial score (nSPS) is 26.0. The van der Waals surface area contributed by atoms with Gasteiger partial charge in [-0.05, 0) is 18.6 Å². The Morgan fingerprint density at radius 2 is 2.00 bits per heavy atom. The standard InChI is InChI=1S/C17H17ClO5/c1-8-5-11(21-3)13-15(14(8)18)23-17(16(13)20)9(2)6-10(19)7-12(17)22-4/h5,7,9H,6H2,1-4H3/t9-,17+/m1/s1. The Labute approximate surface area is 139 Å². The molecular formula is C17H17ClO5.